The van der Waals surface area contributed by atoms with Gasteiger partial charge in [-0.2, -0.15) is 5.10 Å². The van der Waals surface area contributed by atoms with Crippen LogP contribution in [0.2, 0.25) is 0 Å². The third-order valence-electron chi connectivity index (χ3n) is 5.77. The number of ether oxygens (including phenoxy) is 1. The lowest BCUT2D eigenvalue weighted by atomic mass is 10.0. The van der Waals surface area contributed by atoms with E-state index in [1.54, 1.807) is 0 Å². The molecule has 0 atom stereocenters. The van der Waals surface area contributed by atoms with E-state index in [4.69, 9.17) is 4.74 Å². The predicted molar refractivity (Wildman–Crippen MR) is 123 cm³/mol. The highest BCUT2D eigenvalue weighted by Crippen LogP contribution is 2.17. The molecule has 1 amide bonds. The van der Waals surface area contributed by atoms with Crippen molar-refractivity contribution in [1.29, 1.82) is 0 Å². The summed E-state index contributed by atoms with van der Waals surface area (Å²) in [7, 11) is 1.48. The van der Waals surface area contributed by atoms with Crippen molar-refractivity contribution in [1.82, 2.24) is 20.0 Å². The average molecular weight is 433 g/mol. The minimum atomic E-state index is -0.454. The van der Waals surface area contributed by atoms with Gasteiger partial charge in [-0.25, -0.2) is 4.68 Å². The van der Waals surface area contributed by atoms with Crippen molar-refractivity contribution in [3.63, 3.8) is 0 Å². The van der Waals surface area contributed by atoms with Crippen LogP contribution in [0.4, 0.5) is 0 Å². The minimum absolute atomic E-state index is 0.0191. The Bertz CT molecular complexity index is 1120. The SMILES string of the molecule is COc1cc(=O)c(C(=O)NC2CCN(Cc3ccccc3)CC2)nn1-c1ccc(C)cc1. The van der Waals surface area contributed by atoms with Gasteiger partial charge < -0.3 is 10.1 Å². The maximum atomic E-state index is 12.9. The molecule has 2 heterocycles. The Labute approximate surface area is 187 Å². The maximum absolute atomic E-state index is 12.9. The summed E-state index contributed by atoms with van der Waals surface area (Å²) in [6.07, 6.45) is 1.67. The number of nitrogens with zero attached hydrogens (tertiary/aromatic N) is 3. The van der Waals surface area contributed by atoms with Gasteiger partial charge in [0, 0.05) is 25.7 Å². The van der Waals surface area contributed by atoms with Crippen molar-refractivity contribution in [3.8, 4) is 11.6 Å². The van der Waals surface area contributed by atoms with Crippen molar-refractivity contribution in [2.45, 2.75) is 32.4 Å². The molecule has 166 valence electrons. The normalized spacial score (nSPS) is 14.8. The zero-order valence-corrected chi connectivity index (χ0v) is 18.5. The second-order valence-corrected chi connectivity index (χ2v) is 8.16. The summed E-state index contributed by atoms with van der Waals surface area (Å²) < 4.78 is 6.80. The fourth-order valence-electron chi connectivity index (χ4n) is 3.94. The molecule has 1 fully saturated rings. The second kappa shape index (κ2) is 9.78. The quantitative estimate of drug-likeness (QED) is 0.648. The molecule has 3 aromatic rings. The van der Waals surface area contributed by atoms with Gasteiger partial charge in [-0.05, 0) is 37.5 Å². The number of amides is 1. The second-order valence-electron chi connectivity index (χ2n) is 8.16. The van der Waals surface area contributed by atoms with Gasteiger partial charge in [-0.1, -0.05) is 48.0 Å². The van der Waals surface area contributed by atoms with Gasteiger partial charge in [0.1, 0.15) is 0 Å². The molecule has 1 aliphatic rings. The Hall–Kier alpha value is -3.45. The Morgan fingerprint density at radius 1 is 1.09 bits per heavy atom. The minimum Gasteiger partial charge on any atom is -0.481 e. The number of carbonyl (C=O) groups is 1. The molecule has 4 rings (SSSR count). The Kier molecular flexibility index (Phi) is 6.66. The molecule has 1 saturated heterocycles. The molecule has 0 radical (unpaired) electrons. The third-order valence-corrected chi connectivity index (χ3v) is 5.77. The zero-order chi connectivity index (χ0) is 22.5. The molecule has 1 N–H and O–H groups in total. The molecule has 32 heavy (non-hydrogen) atoms. The first-order valence-electron chi connectivity index (χ1n) is 10.9. The van der Waals surface area contributed by atoms with Crippen LogP contribution in [0.25, 0.3) is 5.69 Å². The van der Waals surface area contributed by atoms with E-state index < -0.39 is 11.3 Å². The summed E-state index contributed by atoms with van der Waals surface area (Å²) in [6.45, 7) is 4.68. The number of carbonyl (C=O) groups excluding carboxylic acids is 1. The first-order chi connectivity index (χ1) is 15.5. The van der Waals surface area contributed by atoms with Crippen LogP contribution in [0, 0.1) is 6.92 Å². The molecular formula is C25H28N4O3. The Morgan fingerprint density at radius 3 is 2.44 bits per heavy atom. The smallest absolute Gasteiger partial charge is 0.276 e. The van der Waals surface area contributed by atoms with Gasteiger partial charge in [0.2, 0.25) is 11.3 Å². The molecule has 1 aliphatic heterocycles. The van der Waals surface area contributed by atoms with E-state index in [0.717, 1.165) is 43.7 Å². The number of nitrogens with one attached hydrogen (secondary N) is 1. The highest BCUT2D eigenvalue weighted by atomic mass is 16.5. The molecule has 7 nitrogen and oxygen atoms in total. The van der Waals surface area contributed by atoms with E-state index in [2.05, 4.69) is 27.4 Å². The van der Waals surface area contributed by atoms with Crippen molar-refractivity contribution >= 4 is 5.91 Å². The predicted octanol–water partition coefficient (Wildman–Crippen LogP) is 2.94. The van der Waals surface area contributed by atoms with Gasteiger partial charge in [-0.15, -0.1) is 0 Å². The molecule has 1 aromatic heterocycles. The number of likely N-dealkylation sites (tertiary alicyclic amines) is 1. The van der Waals surface area contributed by atoms with E-state index in [1.807, 2.05) is 49.4 Å². The van der Waals surface area contributed by atoms with Gasteiger partial charge in [0.25, 0.3) is 5.91 Å². The van der Waals surface area contributed by atoms with Crippen molar-refractivity contribution < 1.29 is 9.53 Å². The van der Waals surface area contributed by atoms with E-state index >= 15 is 0 Å². The fourth-order valence-corrected chi connectivity index (χ4v) is 3.94. The zero-order valence-electron chi connectivity index (χ0n) is 18.5. The van der Waals surface area contributed by atoms with E-state index in [-0.39, 0.29) is 17.6 Å². The van der Waals surface area contributed by atoms with Crippen molar-refractivity contribution in [2.24, 2.45) is 0 Å². The van der Waals surface area contributed by atoms with Gasteiger partial charge in [-0.3, -0.25) is 14.5 Å². The molecule has 0 spiro atoms. The van der Waals surface area contributed by atoms with Crippen LogP contribution in [-0.2, 0) is 6.54 Å². The third kappa shape index (κ3) is 5.06. The van der Waals surface area contributed by atoms with Crippen LogP contribution in [0.3, 0.4) is 0 Å². The fraction of sp³-hybridized carbons (Fsp3) is 0.320. The van der Waals surface area contributed by atoms with Crippen LogP contribution in [0.1, 0.15) is 34.5 Å². The first kappa shape index (κ1) is 21.8. The van der Waals surface area contributed by atoms with E-state index in [1.165, 1.54) is 23.4 Å². The summed E-state index contributed by atoms with van der Waals surface area (Å²) in [6, 6.07) is 19.3. The molecular weight excluding hydrogens is 404 g/mol. The van der Waals surface area contributed by atoms with E-state index in [9.17, 15) is 9.59 Å². The van der Waals surface area contributed by atoms with Crippen molar-refractivity contribution in [2.75, 3.05) is 20.2 Å². The molecule has 7 heteroatoms. The van der Waals surface area contributed by atoms with Gasteiger partial charge in [0.15, 0.2) is 5.69 Å². The summed E-state index contributed by atoms with van der Waals surface area (Å²) in [5, 5.41) is 7.34. The standard InChI is InChI=1S/C25H28N4O3/c1-18-8-10-21(11-9-18)29-23(32-2)16-22(30)24(27-29)25(31)26-20-12-14-28(15-13-20)17-19-6-4-3-5-7-19/h3-11,16,20H,12-15,17H2,1-2H3,(H,26,31). The number of rotatable bonds is 6. The average Bonchev–Trinajstić information content (AvgIpc) is 2.81. The van der Waals surface area contributed by atoms with Gasteiger partial charge in [0.05, 0.1) is 18.9 Å². The number of hydrogen-bond donors (Lipinski definition) is 1. The lowest BCUT2D eigenvalue weighted by Crippen LogP contribution is -2.45. The maximum Gasteiger partial charge on any atom is 0.276 e. The number of piperidine rings is 1. The lowest BCUT2D eigenvalue weighted by Gasteiger charge is -2.32. The number of hydrogen-bond acceptors (Lipinski definition) is 5. The Morgan fingerprint density at radius 2 is 1.78 bits per heavy atom. The summed E-state index contributed by atoms with van der Waals surface area (Å²) in [5.41, 5.74) is 2.53. The number of aryl methyl sites for hydroxylation is 1. The van der Waals surface area contributed by atoms with Crippen LogP contribution in [0.5, 0.6) is 5.88 Å². The molecule has 0 aliphatic carbocycles. The largest absolute Gasteiger partial charge is 0.481 e. The lowest BCUT2D eigenvalue weighted by molar-refractivity contribution is 0.0900. The molecule has 0 unspecified atom stereocenters. The summed E-state index contributed by atoms with van der Waals surface area (Å²) in [5.74, 6) is -0.162. The Balaban J connectivity index is 1.44. The molecule has 0 bridgehead atoms. The topological polar surface area (TPSA) is 76.5 Å². The number of aromatic nitrogens is 2. The van der Waals surface area contributed by atoms with Crippen molar-refractivity contribution in [3.05, 3.63) is 87.7 Å². The van der Waals surface area contributed by atoms with Crippen LogP contribution in [0.15, 0.2) is 65.5 Å². The van der Waals surface area contributed by atoms with Gasteiger partial charge >= 0.3 is 0 Å². The number of benzene rings is 2. The van der Waals surface area contributed by atoms with E-state index in [0.29, 0.717) is 0 Å². The summed E-state index contributed by atoms with van der Waals surface area (Å²) >= 11 is 0. The van der Waals surface area contributed by atoms with Crippen LogP contribution in [-0.4, -0.2) is 46.8 Å². The summed E-state index contributed by atoms with van der Waals surface area (Å²) in [4.78, 5) is 27.8. The van der Waals surface area contributed by atoms with Crippen LogP contribution < -0.4 is 15.5 Å². The van der Waals surface area contributed by atoms with Crippen LogP contribution >= 0.6 is 0 Å². The highest BCUT2D eigenvalue weighted by molar-refractivity contribution is 5.92. The molecule has 0 saturated carbocycles. The number of methoxy groups -OCH3 is 1. The molecule has 2 aromatic carbocycles. The monoisotopic (exact) mass is 432 g/mol. The highest BCUT2D eigenvalue weighted by Gasteiger charge is 2.24. The first-order valence-corrected chi connectivity index (χ1v) is 10.9.